The molecule has 0 radical (unpaired) electrons. The minimum Gasteiger partial charge on any atom is -0.330 e. The minimum absolute atomic E-state index is 0.677. The largest absolute Gasteiger partial charge is 0.330 e. The predicted octanol–water partition coefficient (Wildman–Crippen LogP) is 0.891. The number of nitrogens with two attached hydrogens (primary N) is 1. The highest BCUT2D eigenvalue weighted by atomic mass is 14.7. The van der Waals surface area contributed by atoms with Gasteiger partial charge in [-0.05, 0) is 25.6 Å². The Morgan fingerprint density at radius 1 is 1.50 bits per heavy atom. The van der Waals surface area contributed by atoms with Crippen LogP contribution < -0.4 is 5.73 Å². The van der Waals surface area contributed by atoms with Gasteiger partial charge in [-0.2, -0.15) is 0 Å². The Morgan fingerprint density at radius 3 is 2.90 bits per heavy atom. The molecule has 0 atom stereocenters. The lowest BCUT2D eigenvalue weighted by Gasteiger charge is -1.97. The average molecular weight is 136 g/mol. The molecule has 2 heteroatoms. The number of hydrogen-bond donors (Lipinski definition) is 1. The van der Waals surface area contributed by atoms with Crippen molar-refractivity contribution in [2.75, 3.05) is 6.54 Å². The molecule has 0 aliphatic rings. The lowest BCUT2D eigenvalue weighted by Crippen LogP contribution is -2.04. The highest BCUT2D eigenvalue weighted by Crippen LogP contribution is 1.97. The van der Waals surface area contributed by atoms with Gasteiger partial charge < -0.3 is 5.73 Å². The van der Waals surface area contributed by atoms with Crippen LogP contribution in [-0.2, 0) is 6.42 Å². The van der Waals surface area contributed by atoms with Crippen molar-refractivity contribution in [1.29, 1.82) is 0 Å². The van der Waals surface area contributed by atoms with Crippen LogP contribution in [0.15, 0.2) is 18.2 Å². The van der Waals surface area contributed by atoms with Crippen molar-refractivity contribution in [2.45, 2.75) is 13.3 Å². The molecule has 0 amide bonds. The van der Waals surface area contributed by atoms with Crippen molar-refractivity contribution >= 4 is 0 Å². The summed E-state index contributed by atoms with van der Waals surface area (Å²) in [7, 11) is 0. The number of pyridine rings is 1. The molecule has 0 spiro atoms. The molecule has 1 heterocycles. The molecule has 2 nitrogen and oxygen atoms in total. The Labute approximate surface area is 61.1 Å². The molecule has 0 saturated carbocycles. The molecule has 0 bridgehead atoms. The molecule has 0 aliphatic carbocycles. The van der Waals surface area contributed by atoms with Gasteiger partial charge >= 0.3 is 0 Å². The summed E-state index contributed by atoms with van der Waals surface area (Å²) in [5.74, 6) is 0. The van der Waals surface area contributed by atoms with Crippen LogP contribution in [0, 0.1) is 6.92 Å². The van der Waals surface area contributed by atoms with Crippen LogP contribution in [0.3, 0.4) is 0 Å². The zero-order valence-corrected chi connectivity index (χ0v) is 6.17. The lowest BCUT2D eigenvalue weighted by molar-refractivity contribution is 0.912. The van der Waals surface area contributed by atoms with Crippen LogP contribution in [0.2, 0.25) is 0 Å². The fourth-order valence-electron chi connectivity index (χ4n) is 0.887. The number of rotatable bonds is 2. The molecule has 0 saturated heterocycles. The van der Waals surface area contributed by atoms with E-state index >= 15 is 0 Å². The fraction of sp³-hybridized carbons (Fsp3) is 0.375. The molecular formula is C8H12N2. The van der Waals surface area contributed by atoms with E-state index in [1.54, 1.807) is 0 Å². The SMILES string of the molecule is Cc1cccc(CCN)n1. The molecule has 54 valence electrons. The van der Waals surface area contributed by atoms with Gasteiger partial charge in [-0.3, -0.25) is 4.98 Å². The van der Waals surface area contributed by atoms with Crippen LogP contribution in [0.1, 0.15) is 11.4 Å². The Kier molecular flexibility index (Phi) is 2.40. The monoisotopic (exact) mass is 136 g/mol. The van der Waals surface area contributed by atoms with Crippen molar-refractivity contribution in [3.05, 3.63) is 29.6 Å². The molecule has 0 aliphatic heterocycles. The molecule has 10 heavy (non-hydrogen) atoms. The molecule has 1 aromatic heterocycles. The van der Waals surface area contributed by atoms with Gasteiger partial charge in [0, 0.05) is 17.8 Å². The highest BCUT2D eigenvalue weighted by Gasteiger charge is 1.90. The maximum Gasteiger partial charge on any atom is 0.0419 e. The Bertz CT molecular complexity index is 208. The molecular weight excluding hydrogens is 124 g/mol. The maximum atomic E-state index is 5.37. The number of hydrogen-bond acceptors (Lipinski definition) is 2. The molecule has 1 aromatic rings. The predicted molar refractivity (Wildman–Crippen MR) is 41.7 cm³/mol. The van der Waals surface area contributed by atoms with Gasteiger partial charge in [-0.1, -0.05) is 6.07 Å². The number of aromatic nitrogens is 1. The van der Waals surface area contributed by atoms with Crippen LogP contribution in [0.5, 0.6) is 0 Å². The van der Waals surface area contributed by atoms with E-state index in [0.29, 0.717) is 6.54 Å². The van der Waals surface area contributed by atoms with Gasteiger partial charge in [-0.15, -0.1) is 0 Å². The topological polar surface area (TPSA) is 38.9 Å². The molecule has 0 fully saturated rings. The summed E-state index contributed by atoms with van der Waals surface area (Å²) in [6.07, 6.45) is 0.877. The van der Waals surface area contributed by atoms with Gasteiger partial charge in [0.2, 0.25) is 0 Å². The fourth-order valence-corrected chi connectivity index (χ4v) is 0.887. The number of aryl methyl sites for hydroxylation is 1. The molecule has 0 unspecified atom stereocenters. The van der Waals surface area contributed by atoms with E-state index in [-0.39, 0.29) is 0 Å². The summed E-state index contributed by atoms with van der Waals surface area (Å²) in [5.41, 5.74) is 7.52. The van der Waals surface area contributed by atoms with E-state index in [4.69, 9.17) is 5.73 Å². The van der Waals surface area contributed by atoms with Crippen molar-refractivity contribution in [1.82, 2.24) is 4.98 Å². The quantitative estimate of drug-likeness (QED) is 0.655. The molecule has 0 aromatic carbocycles. The van der Waals surface area contributed by atoms with E-state index in [0.717, 1.165) is 17.8 Å². The van der Waals surface area contributed by atoms with Gasteiger partial charge in [0.05, 0.1) is 0 Å². The third kappa shape index (κ3) is 1.81. The van der Waals surface area contributed by atoms with E-state index in [1.165, 1.54) is 0 Å². The van der Waals surface area contributed by atoms with E-state index in [9.17, 15) is 0 Å². The first-order valence-corrected chi connectivity index (χ1v) is 3.45. The summed E-state index contributed by atoms with van der Waals surface area (Å²) in [6, 6.07) is 5.99. The molecule has 1 rings (SSSR count). The second kappa shape index (κ2) is 3.32. The van der Waals surface area contributed by atoms with Gasteiger partial charge in [-0.25, -0.2) is 0 Å². The first kappa shape index (κ1) is 7.22. The summed E-state index contributed by atoms with van der Waals surface area (Å²) in [6.45, 7) is 2.66. The Morgan fingerprint density at radius 2 is 2.30 bits per heavy atom. The summed E-state index contributed by atoms with van der Waals surface area (Å²) in [5, 5.41) is 0. The van der Waals surface area contributed by atoms with Crippen LogP contribution in [0.25, 0.3) is 0 Å². The summed E-state index contributed by atoms with van der Waals surface area (Å²) in [4.78, 5) is 4.28. The lowest BCUT2D eigenvalue weighted by atomic mass is 10.2. The normalized spacial score (nSPS) is 9.80. The first-order chi connectivity index (χ1) is 4.83. The number of nitrogens with zero attached hydrogens (tertiary/aromatic N) is 1. The van der Waals surface area contributed by atoms with Crippen LogP contribution in [-0.4, -0.2) is 11.5 Å². The second-order valence-corrected chi connectivity index (χ2v) is 2.31. The average Bonchev–Trinajstić information content (AvgIpc) is 1.88. The first-order valence-electron chi connectivity index (χ1n) is 3.45. The molecule has 2 N–H and O–H groups in total. The zero-order valence-electron chi connectivity index (χ0n) is 6.17. The Hall–Kier alpha value is -0.890. The Balaban J connectivity index is 2.75. The van der Waals surface area contributed by atoms with Gasteiger partial charge in [0.25, 0.3) is 0 Å². The van der Waals surface area contributed by atoms with E-state index in [1.807, 2.05) is 25.1 Å². The second-order valence-electron chi connectivity index (χ2n) is 2.31. The van der Waals surface area contributed by atoms with Crippen LogP contribution in [0.4, 0.5) is 0 Å². The van der Waals surface area contributed by atoms with E-state index in [2.05, 4.69) is 4.98 Å². The standard InChI is InChI=1S/C8H12N2/c1-7-3-2-4-8(10-7)5-6-9/h2-4H,5-6,9H2,1H3. The van der Waals surface area contributed by atoms with Crippen molar-refractivity contribution in [3.8, 4) is 0 Å². The van der Waals surface area contributed by atoms with Crippen molar-refractivity contribution in [3.63, 3.8) is 0 Å². The van der Waals surface area contributed by atoms with E-state index < -0.39 is 0 Å². The summed E-state index contributed by atoms with van der Waals surface area (Å²) >= 11 is 0. The third-order valence-electron chi connectivity index (χ3n) is 1.35. The van der Waals surface area contributed by atoms with Crippen LogP contribution >= 0.6 is 0 Å². The van der Waals surface area contributed by atoms with Gasteiger partial charge in [0.15, 0.2) is 0 Å². The third-order valence-corrected chi connectivity index (χ3v) is 1.35. The maximum absolute atomic E-state index is 5.37. The minimum atomic E-state index is 0.677. The van der Waals surface area contributed by atoms with Crippen molar-refractivity contribution in [2.24, 2.45) is 5.73 Å². The van der Waals surface area contributed by atoms with Crippen molar-refractivity contribution < 1.29 is 0 Å². The smallest absolute Gasteiger partial charge is 0.0419 e. The zero-order chi connectivity index (χ0) is 7.40. The summed E-state index contributed by atoms with van der Waals surface area (Å²) < 4.78 is 0. The van der Waals surface area contributed by atoms with Gasteiger partial charge in [0.1, 0.15) is 0 Å². The highest BCUT2D eigenvalue weighted by molar-refractivity contribution is 5.09.